The maximum Gasteiger partial charge on any atom is 0.254 e. The standard InChI is InChI=1S/C21H17FN2O3/c22-16-5-2-1-4-15(16)20-17-6-3-9-23(17)10-11-24(20)21(25)14-7-8-18-19(12-14)27-13-26-18/h1-9,12,20H,10-11,13H2. The molecule has 0 saturated heterocycles. The Balaban J connectivity index is 1.58. The van der Waals surface area contributed by atoms with Crippen LogP contribution in [0.15, 0.2) is 60.8 Å². The summed E-state index contributed by atoms with van der Waals surface area (Å²) in [7, 11) is 0. The van der Waals surface area contributed by atoms with Crippen LogP contribution < -0.4 is 9.47 Å². The van der Waals surface area contributed by atoms with Crippen molar-refractivity contribution in [2.24, 2.45) is 0 Å². The monoisotopic (exact) mass is 364 g/mol. The summed E-state index contributed by atoms with van der Waals surface area (Å²) in [6, 6.07) is 15.2. The maximum atomic E-state index is 14.6. The normalized spacial score (nSPS) is 17.7. The predicted molar refractivity (Wildman–Crippen MR) is 96.3 cm³/mol. The number of carbonyl (C=O) groups is 1. The average molecular weight is 364 g/mol. The molecule has 0 saturated carbocycles. The highest BCUT2D eigenvalue weighted by molar-refractivity contribution is 5.95. The van der Waals surface area contributed by atoms with Crippen LogP contribution in [0.25, 0.3) is 0 Å². The fourth-order valence-corrected chi connectivity index (χ4v) is 3.82. The third-order valence-corrected chi connectivity index (χ3v) is 5.12. The number of hydrogen-bond acceptors (Lipinski definition) is 3. The fraction of sp³-hybridized carbons (Fsp3) is 0.190. The number of carbonyl (C=O) groups excluding carboxylic acids is 1. The summed E-state index contributed by atoms with van der Waals surface area (Å²) in [5, 5.41) is 0. The number of ether oxygens (including phenoxy) is 2. The van der Waals surface area contributed by atoms with Gasteiger partial charge in [-0.05, 0) is 36.4 Å². The Morgan fingerprint density at radius 3 is 2.74 bits per heavy atom. The van der Waals surface area contributed by atoms with E-state index in [-0.39, 0.29) is 18.5 Å². The zero-order valence-corrected chi connectivity index (χ0v) is 14.5. The average Bonchev–Trinajstić information content (AvgIpc) is 3.35. The number of rotatable bonds is 2. The van der Waals surface area contributed by atoms with Crippen molar-refractivity contribution in [2.75, 3.05) is 13.3 Å². The van der Waals surface area contributed by atoms with Crippen LogP contribution in [0.3, 0.4) is 0 Å². The predicted octanol–water partition coefficient (Wildman–Crippen LogP) is 3.60. The van der Waals surface area contributed by atoms with Crippen LogP contribution in [0.1, 0.15) is 27.7 Å². The van der Waals surface area contributed by atoms with E-state index in [1.165, 1.54) is 6.07 Å². The van der Waals surface area contributed by atoms with Gasteiger partial charge in [-0.1, -0.05) is 18.2 Å². The van der Waals surface area contributed by atoms with Gasteiger partial charge in [-0.15, -0.1) is 0 Å². The van der Waals surface area contributed by atoms with Gasteiger partial charge in [0.2, 0.25) is 6.79 Å². The van der Waals surface area contributed by atoms with E-state index in [9.17, 15) is 9.18 Å². The molecule has 27 heavy (non-hydrogen) atoms. The molecule has 5 rings (SSSR count). The molecule has 3 heterocycles. The summed E-state index contributed by atoms with van der Waals surface area (Å²) >= 11 is 0. The molecule has 0 N–H and O–H groups in total. The number of fused-ring (bicyclic) bond motifs is 2. The third-order valence-electron chi connectivity index (χ3n) is 5.12. The molecule has 0 fully saturated rings. The lowest BCUT2D eigenvalue weighted by Crippen LogP contribution is -2.42. The van der Waals surface area contributed by atoms with Gasteiger partial charge >= 0.3 is 0 Å². The number of halogens is 1. The first kappa shape index (κ1) is 15.9. The minimum Gasteiger partial charge on any atom is -0.454 e. The van der Waals surface area contributed by atoms with Crippen LogP contribution in [0, 0.1) is 5.82 Å². The first-order chi connectivity index (χ1) is 13.2. The topological polar surface area (TPSA) is 43.7 Å². The van der Waals surface area contributed by atoms with Crippen LogP contribution in [0.5, 0.6) is 11.5 Å². The Hall–Kier alpha value is -3.28. The quantitative estimate of drug-likeness (QED) is 0.698. The first-order valence-corrected chi connectivity index (χ1v) is 8.82. The third kappa shape index (κ3) is 2.56. The molecule has 0 aliphatic carbocycles. The Labute approximate surface area is 155 Å². The van der Waals surface area contributed by atoms with Gasteiger partial charge in [-0.3, -0.25) is 4.79 Å². The lowest BCUT2D eigenvalue weighted by molar-refractivity contribution is 0.0660. The molecule has 136 valence electrons. The van der Waals surface area contributed by atoms with Gasteiger partial charge < -0.3 is 18.9 Å². The van der Waals surface area contributed by atoms with Gasteiger partial charge in [-0.2, -0.15) is 0 Å². The molecule has 0 bridgehead atoms. The second-order valence-corrected chi connectivity index (χ2v) is 6.62. The molecule has 1 amide bonds. The van der Waals surface area contributed by atoms with Gasteiger partial charge in [0, 0.05) is 36.1 Å². The molecular formula is C21H17FN2O3. The summed E-state index contributed by atoms with van der Waals surface area (Å²) in [4.78, 5) is 15.1. The molecule has 5 nitrogen and oxygen atoms in total. The molecule has 2 aliphatic heterocycles. The molecule has 1 aromatic heterocycles. The van der Waals surface area contributed by atoms with Crippen LogP contribution in [-0.4, -0.2) is 28.7 Å². The molecule has 6 heteroatoms. The second-order valence-electron chi connectivity index (χ2n) is 6.62. The van der Waals surface area contributed by atoms with E-state index < -0.39 is 6.04 Å². The Morgan fingerprint density at radius 2 is 1.85 bits per heavy atom. The van der Waals surface area contributed by atoms with Crippen molar-refractivity contribution in [3.63, 3.8) is 0 Å². The molecule has 0 radical (unpaired) electrons. The number of hydrogen-bond donors (Lipinski definition) is 0. The van der Waals surface area contributed by atoms with Crippen molar-refractivity contribution >= 4 is 5.91 Å². The zero-order valence-electron chi connectivity index (χ0n) is 14.5. The van der Waals surface area contributed by atoms with Crippen molar-refractivity contribution in [2.45, 2.75) is 12.6 Å². The summed E-state index contributed by atoms with van der Waals surface area (Å²) in [5.74, 6) is 0.711. The lowest BCUT2D eigenvalue weighted by atomic mass is 9.98. The molecule has 0 spiro atoms. The van der Waals surface area contributed by atoms with Crippen LogP contribution in [0.4, 0.5) is 4.39 Å². The first-order valence-electron chi connectivity index (χ1n) is 8.82. The number of aromatic nitrogens is 1. The highest BCUT2D eigenvalue weighted by atomic mass is 19.1. The van der Waals surface area contributed by atoms with Crippen LogP contribution in [-0.2, 0) is 6.54 Å². The molecule has 2 aliphatic rings. The molecule has 2 aromatic carbocycles. The van der Waals surface area contributed by atoms with E-state index in [2.05, 4.69) is 4.57 Å². The largest absolute Gasteiger partial charge is 0.454 e. The number of amides is 1. The smallest absolute Gasteiger partial charge is 0.254 e. The second kappa shape index (κ2) is 6.16. The minimum atomic E-state index is -0.479. The minimum absolute atomic E-state index is 0.155. The van der Waals surface area contributed by atoms with Gasteiger partial charge in [0.1, 0.15) is 11.9 Å². The van der Waals surface area contributed by atoms with Crippen LogP contribution in [0.2, 0.25) is 0 Å². The van der Waals surface area contributed by atoms with Gasteiger partial charge in [0.15, 0.2) is 11.5 Å². The molecule has 3 aromatic rings. The highest BCUT2D eigenvalue weighted by Crippen LogP contribution is 2.37. The lowest BCUT2D eigenvalue weighted by Gasteiger charge is -2.37. The summed E-state index contributed by atoms with van der Waals surface area (Å²) in [6.45, 7) is 1.32. The van der Waals surface area contributed by atoms with E-state index in [1.54, 1.807) is 41.3 Å². The van der Waals surface area contributed by atoms with Gasteiger partial charge in [-0.25, -0.2) is 4.39 Å². The van der Waals surface area contributed by atoms with Crippen molar-refractivity contribution < 1.29 is 18.7 Å². The van der Waals surface area contributed by atoms with Crippen molar-refractivity contribution in [1.29, 1.82) is 0 Å². The Morgan fingerprint density at radius 1 is 1.00 bits per heavy atom. The fourth-order valence-electron chi connectivity index (χ4n) is 3.82. The molecule has 1 unspecified atom stereocenters. The van der Waals surface area contributed by atoms with E-state index in [1.807, 2.05) is 18.3 Å². The maximum absolute atomic E-state index is 14.6. The van der Waals surface area contributed by atoms with Crippen molar-refractivity contribution in [3.05, 3.63) is 83.4 Å². The zero-order chi connectivity index (χ0) is 18.4. The summed E-state index contributed by atoms with van der Waals surface area (Å²) < 4.78 is 27.4. The van der Waals surface area contributed by atoms with Crippen molar-refractivity contribution in [1.82, 2.24) is 9.47 Å². The van der Waals surface area contributed by atoms with Crippen LogP contribution >= 0.6 is 0 Å². The SMILES string of the molecule is O=C(c1ccc2c(c1)OCO2)N1CCn2cccc2C1c1ccccc1F. The molecule has 1 atom stereocenters. The summed E-state index contributed by atoms with van der Waals surface area (Å²) in [6.07, 6.45) is 1.96. The van der Waals surface area contributed by atoms with Gasteiger partial charge in [0.25, 0.3) is 5.91 Å². The number of nitrogens with zero attached hydrogens (tertiary/aromatic N) is 2. The molecular weight excluding hydrogens is 347 g/mol. The highest BCUT2D eigenvalue weighted by Gasteiger charge is 2.34. The van der Waals surface area contributed by atoms with E-state index in [4.69, 9.17) is 9.47 Å². The van der Waals surface area contributed by atoms with Crippen molar-refractivity contribution in [3.8, 4) is 11.5 Å². The number of benzene rings is 2. The summed E-state index contributed by atoms with van der Waals surface area (Å²) in [5.41, 5.74) is 1.90. The Kier molecular flexibility index (Phi) is 3.63. The van der Waals surface area contributed by atoms with E-state index >= 15 is 0 Å². The van der Waals surface area contributed by atoms with E-state index in [0.717, 1.165) is 5.69 Å². The van der Waals surface area contributed by atoms with E-state index in [0.29, 0.717) is 35.7 Å². The van der Waals surface area contributed by atoms with Gasteiger partial charge in [0.05, 0.1) is 0 Å². The Bertz CT molecular complexity index is 1030.